The van der Waals surface area contributed by atoms with Crippen molar-refractivity contribution in [1.29, 1.82) is 0 Å². The fraction of sp³-hybridized carbons (Fsp3) is 0.500. The molecule has 2 aliphatic carbocycles. The minimum Gasteiger partial charge on any atom is -0.367 e. The van der Waals surface area contributed by atoms with Crippen LogP contribution in [-0.4, -0.2) is 56.7 Å². The summed E-state index contributed by atoms with van der Waals surface area (Å²) >= 11 is 0. The molecule has 150 valence electrons. The lowest BCUT2D eigenvalue weighted by atomic mass is 9.93. The Kier molecular flexibility index (Phi) is 3.89. The number of aromatic nitrogens is 4. The monoisotopic (exact) mass is 390 g/mol. The third-order valence-corrected chi connectivity index (χ3v) is 6.73. The van der Waals surface area contributed by atoms with Gasteiger partial charge in [0.1, 0.15) is 5.65 Å². The molecule has 3 fully saturated rings. The van der Waals surface area contributed by atoms with Crippen LogP contribution >= 0.6 is 0 Å². The molecule has 0 spiro atoms. The number of pyridine rings is 1. The van der Waals surface area contributed by atoms with Crippen molar-refractivity contribution in [2.24, 2.45) is 5.92 Å². The summed E-state index contributed by atoms with van der Waals surface area (Å²) in [5.41, 5.74) is 4.28. The van der Waals surface area contributed by atoms with E-state index in [9.17, 15) is 4.79 Å². The molecule has 0 unspecified atom stereocenters. The van der Waals surface area contributed by atoms with Gasteiger partial charge in [0.05, 0.1) is 17.9 Å². The molecule has 3 aromatic heterocycles. The van der Waals surface area contributed by atoms with Crippen molar-refractivity contribution in [2.75, 3.05) is 31.1 Å². The summed E-state index contributed by atoms with van der Waals surface area (Å²) in [7, 11) is 0. The van der Waals surface area contributed by atoms with Crippen LogP contribution in [0.3, 0.4) is 0 Å². The van der Waals surface area contributed by atoms with Crippen molar-refractivity contribution in [3.63, 3.8) is 0 Å². The third kappa shape index (κ3) is 2.99. The minimum absolute atomic E-state index is 0.308. The molecular weight excluding hydrogens is 364 g/mol. The Morgan fingerprint density at radius 1 is 1.10 bits per heavy atom. The average Bonchev–Trinajstić information content (AvgIpc) is 3.29. The highest BCUT2D eigenvalue weighted by Crippen LogP contribution is 2.35. The number of fused-ring (bicyclic) bond motifs is 1. The van der Waals surface area contributed by atoms with Crippen molar-refractivity contribution < 1.29 is 4.79 Å². The molecule has 1 aliphatic heterocycles. The summed E-state index contributed by atoms with van der Waals surface area (Å²) in [6, 6.07) is 4.86. The number of H-pyrrole nitrogens is 1. The standard InChI is InChI=1S/C22H26N6O/c29-22(15-4-5-15)27-10-8-26(9-11-27)20-6-7-23-21-18(20)12-19(25-21)16-13-24-28(14-16)17-2-1-3-17/h6-7,12-15,17H,1-5,8-11H2,(H,23,25). The second-order valence-corrected chi connectivity index (χ2v) is 8.66. The van der Waals surface area contributed by atoms with Crippen molar-refractivity contribution in [1.82, 2.24) is 24.6 Å². The van der Waals surface area contributed by atoms with Gasteiger partial charge in [-0.25, -0.2) is 4.98 Å². The van der Waals surface area contributed by atoms with Gasteiger partial charge in [-0.1, -0.05) is 0 Å². The van der Waals surface area contributed by atoms with E-state index in [2.05, 4.69) is 43.0 Å². The predicted octanol–water partition coefficient (Wildman–Crippen LogP) is 3.21. The van der Waals surface area contributed by atoms with E-state index in [4.69, 9.17) is 0 Å². The van der Waals surface area contributed by atoms with Crippen molar-refractivity contribution in [3.05, 3.63) is 30.7 Å². The van der Waals surface area contributed by atoms with Crippen molar-refractivity contribution in [3.8, 4) is 11.3 Å². The minimum atomic E-state index is 0.308. The van der Waals surface area contributed by atoms with Gasteiger partial charge in [0.2, 0.25) is 5.91 Å². The van der Waals surface area contributed by atoms with Crippen LogP contribution in [0.1, 0.15) is 38.1 Å². The number of amides is 1. The van der Waals surface area contributed by atoms with Gasteiger partial charge in [-0.3, -0.25) is 9.48 Å². The molecule has 3 aromatic rings. The molecule has 3 aliphatic rings. The zero-order valence-electron chi connectivity index (χ0n) is 16.5. The van der Waals surface area contributed by atoms with Gasteiger partial charge in [-0.15, -0.1) is 0 Å². The Balaban J connectivity index is 1.24. The number of hydrogen-bond donors (Lipinski definition) is 1. The van der Waals surface area contributed by atoms with E-state index in [0.29, 0.717) is 17.9 Å². The smallest absolute Gasteiger partial charge is 0.225 e. The summed E-state index contributed by atoms with van der Waals surface area (Å²) in [5.74, 6) is 0.666. The van der Waals surface area contributed by atoms with Crippen molar-refractivity contribution in [2.45, 2.75) is 38.1 Å². The number of anilines is 1. The number of piperazine rings is 1. The summed E-state index contributed by atoms with van der Waals surface area (Å²) < 4.78 is 2.11. The quantitative estimate of drug-likeness (QED) is 0.743. The predicted molar refractivity (Wildman–Crippen MR) is 112 cm³/mol. The first-order valence-electron chi connectivity index (χ1n) is 10.8. The molecular formula is C22H26N6O. The lowest BCUT2D eigenvalue weighted by molar-refractivity contribution is -0.132. The molecule has 1 amide bonds. The highest BCUT2D eigenvalue weighted by atomic mass is 16.2. The number of hydrogen-bond acceptors (Lipinski definition) is 4. The van der Waals surface area contributed by atoms with E-state index in [1.165, 1.54) is 24.9 Å². The van der Waals surface area contributed by atoms with Gasteiger partial charge in [-0.05, 0) is 44.2 Å². The molecule has 29 heavy (non-hydrogen) atoms. The first-order valence-corrected chi connectivity index (χ1v) is 10.8. The van der Waals surface area contributed by atoms with E-state index in [1.807, 2.05) is 17.3 Å². The van der Waals surface area contributed by atoms with E-state index >= 15 is 0 Å². The number of aromatic amines is 1. The normalized spacial score (nSPS) is 20.3. The zero-order chi connectivity index (χ0) is 19.4. The van der Waals surface area contributed by atoms with Crippen LogP contribution in [0.25, 0.3) is 22.3 Å². The van der Waals surface area contributed by atoms with Crippen LogP contribution < -0.4 is 4.90 Å². The van der Waals surface area contributed by atoms with Crippen LogP contribution in [0.4, 0.5) is 5.69 Å². The topological polar surface area (TPSA) is 70.1 Å². The molecule has 4 heterocycles. The maximum absolute atomic E-state index is 12.3. The number of rotatable bonds is 4. The molecule has 1 saturated heterocycles. The zero-order valence-corrected chi connectivity index (χ0v) is 16.5. The summed E-state index contributed by atoms with van der Waals surface area (Å²) in [4.78, 5) is 24.8. The van der Waals surface area contributed by atoms with Crippen LogP contribution in [0.2, 0.25) is 0 Å². The number of carbonyl (C=O) groups excluding carboxylic acids is 1. The molecule has 2 saturated carbocycles. The Hall–Kier alpha value is -2.83. The average molecular weight is 390 g/mol. The molecule has 7 nitrogen and oxygen atoms in total. The van der Waals surface area contributed by atoms with E-state index < -0.39 is 0 Å². The fourth-order valence-electron chi connectivity index (χ4n) is 4.53. The van der Waals surface area contributed by atoms with Crippen LogP contribution in [0, 0.1) is 5.92 Å². The molecule has 0 atom stereocenters. The molecule has 6 rings (SSSR count). The van der Waals surface area contributed by atoms with Crippen LogP contribution in [-0.2, 0) is 4.79 Å². The SMILES string of the molecule is O=C(C1CC1)N1CCN(c2ccnc3[nH]c(-c4cnn(C5CCC5)c4)cc23)CC1. The fourth-order valence-corrected chi connectivity index (χ4v) is 4.53. The largest absolute Gasteiger partial charge is 0.367 e. The lowest BCUT2D eigenvalue weighted by Gasteiger charge is -2.36. The lowest BCUT2D eigenvalue weighted by Crippen LogP contribution is -2.49. The van der Waals surface area contributed by atoms with Crippen LogP contribution in [0.15, 0.2) is 30.7 Å². The van der Waals surface area contributed by atoms with Crippen molar-refractivity contribution >= 4 is 22.6 Å². The number of nitrogens with zero attached hydrogens (tertiary/aromatic N) is 5. The van der Waals surface area contributed by atoms with Crippen LogP contribution in [0.5, 0.6) is 0 Å². The maximum atomic E-state index is 12.3. The Labute approximate surface area is 169 Å². The van der Waals surface area contributed by atoms with E-state index in [1.54, 1.807) is 0 Å². The van der Waals surface area contributed by atoms with E-state index in [-0.39, 0.29) is 0 Å². The van der Waals surface area contributed by atoms with Gasteiger partial charge < -0.3 is 14.8 Å². The highest BCUT2D eigenvalue weighted by molar-refractivity contribution is 5.94. The molecule has 0 radical (unpaired) electrons. The van der Waals surface area contributed by atoms with Gasteiger partial charge in [0, 0.05) is 61.1 Å². The Morgan fingerprint density at radius 2 is 1.93 bits per heavy atom. The first-order chi connectivity index (χ1) is 14.3. The maximum Gasteiger partial charge on any atom is 0.225 e. The number of carbonyl (C=O) groups is 1. The number of nitrogens with one attached hydrogen (secondary N) is 1. The van der Waals surface area contributed by atoms with E-state index in [0.717, 1.165) is 61.3 Å². The second-order valence-electron chi connectivity index (χ2n) is 8.66. The molecule has 7 heteroatoms. The Morgan fingerprint density at radius 3 is 2.66 bits per heavy atom. The molecule has 1 N–H and O–H groups in total. The van der Waals surface area contributed by atoms with Gasteiger partial charge in [0.25, 0.3) is 0 Å². The van der Waals surface area contributed by atoms with Gasteiger partial charge in [0.15, 0.2) is 0 Å². The van der Waals surface area contributed by atoms with Gasteiger partial charge >= 0.3 is 0 Å². The third-order valence-electron chi connectivity index (χ3n) is 6.73. The van der Waals surface area contributed by atoms with Gasteiger partial charge in [-0.2, -0.15) is 5.10 Å². The summed E-state index contributed by atoms with van der Waals surface area (Å²) in [6.07, 6.45) is 11.9. The molecule has 0 aromatic carbocycles. The summed E-state index contributed by atoms with van der Waals surface area (Å²) in [5, 5.41) is 5.71. The first kappa shape index (κ1) is 17.1. The summed E-state index contributed by atoms with van der Waals surface area (Å²) in [6.45, 7) is 3.37. The Bertz CT molecular complexity index is 1050. The second kappa shape index (κ2) is 6.61. The highest BCUT2D eigenvalue weighted by Gasteiger charge is 2.34. The molecule has 0 bridgehead atoms.